The maximum Gasteiger partial charge on any atom is 0.267 e. The van der Waals surface area contributed by atoms with Gasteiger partial charge in [0.05, 0.1) is 6.26 Å². The highest BCUT2D eigenvalue weighted by Gasteiger charge is 2.33. The molecule has 2 heterocycles. The molecule has 1 amide bonds. The van der Waals surface area contributed by atoms with E-state index >= 15 is 0 Å². The lowest BCUT2D eigenvalue weighted by atomic mass is 10.0. The number of furan rings is 1. The van der Waals surface area contributed by atoms with Crippen molar-refractivity contribution < 1.29 is 9.21 Å². The first-order chi connectivity index (χ1) is 13.4. The first kappa shape index (κ1) is 19.6. The van der Waals surface area contributed by atoms with Crippen LogP contribution in [0.25, 0.3) is 11.5 Å². The molecule has 1 aromatic carbocycles. The standard InChI is InChI=1S/C22H25N3O3/c1-16(11-12-17-8-5-4-6-9-17)23-21(27)22(2,3)25-20(26)14-13-18(24-25)19-10-7-15-28-19/h4-10,13-16H,11-12H2,1-3H3,(H,23,27). The van der Waals surface area contributed by atoms with Crippen LogP contribution in [-0.4, -0.2) is 21.7 Å². The van der Waals surface area contributed by atoms with Crippen molar-refractivity contribution in [2.45, 2.75) is 45.2 Å². The normalized spacial score (nSPS) is 12.5. The van der Waals surface area contributed by atoms with Crippen molar-refractivity contribution in [3.05, 3.63) is 76.8 Å². The second-order valence-electron chi connectivity index (χ2n) is 7.40. The summed E-state index contributed by atoms with van der Waals surface area (Å²) in [5, 5.41) is 7.37. The average molecular weight is 379 g/mol. The highest BCUT2D eigenvalue weighted by atomic mass is 16.3. The van der Waals surface area contributed by atoms with Crippen LogP contribution < -0.4 is 10.9 Å². The van der Waals surface area contributed by atoms with E-state index in [1.54, 1.807) is 38.3 Å². The van der Waals surface area contributed by atoms with Crippen molar-refractivity contribution in [2.75, 3.05) is 0 Å². The van der Waals surface area contributed by atoms with Gasteiger partial charge in [-0.3, -0.25) is 9.59 Å². The lowest BCUT2D eigenvalue weighted by Gasteiger charge is -2.27. The SMILES string of the molecule is CC(CCc1ccccc1)NC(=O)C(C)(C)n1nc(-c2ccco2)ccc1=O. The van der Waals surface area contributed by atoms with Crippen molar-refractivity contribution >= 4 is 5.91 Å². The van der Waals surface area contributed by atoms with Crippen molar-refractivity contribution in [3.8, 4) is 11.5 Å². The molecule has 0 spiro atoms. The monoisotopic (exact) mass is 379 g/mol. The Morgan fingerprint density at radius 1 is 1.14 bits per heavy atom. The van der Waals surface area contributed by atoms with Crippen molar-refractivity contribution in [2.24, 2.45) is 0 Å². The summed E-state index contributed by atoms with van der Waals surface area (Å²) in [7, 11) is 0. The van der Waals surface area contributed by atoms with Crippen LogP contribution in [0, 0.1) is 0 Å². The summed E-state index contributed by atoms with van der Waals surface area (Å²) >= 11 is 0. The Morgan fingerprint density at radius 3 is 2.57 bits per heavy atom. The topological polar surface area (TPSA) is 77.1 Å². The first-order valence-corrected chi connectivity index (χ1v) is 9.37. The third-order valence-electron chi connectivity index (χ3n) is 4.75. The van der Waals surface area contributed by atoms with Gasteiger partial charge in [-0.2, -0.15) is 5.10 Å². The van der Waals surface area contributed by atoms with Crippen molar-refractivity contribution in [3.63, 3.8) is 0 Å². The summed E-state index contributed by atoms with van der Waals surface area (Å²) in [4.78, 5) is 25.3. The Hall–Kier alpha value is -3.15. The van der Waals surface area contributed by atoms with Crippen LogP contribution in [0.15, 0.2) is 70.1 Å². The number of aryl methyl sites for hydroxylation is 1. The van der Waals surface area contributed by atoms with Gasteiger partial charge in [-0.1, -0.05) is 30.3 Å². The van der Waals surface area contributed by atoms with Gasteiger partial charge in [0, 0.05) is 12.1 Å². The van der Waals surface area contributed by atoms with Crippen LogP contribution in [0.3, 0.4) is 0 Å². The molecule has 0 aliphatic rings. The Kier molecular flexibility index (Phi) is 5.78. The summed E-state index contributed by atoms with van der Waals surface area (Å²) in [5.41, 5.74) is 0.252. The molecule has 0 aliphatic heterocycles. The van der Waals surface area contributed by atoms with E-state index in [0.717, 1.165) is 12.8 Å². The Labute approximate surface area is 164 Å². The largest absolute Gasteiger partial charge is 0.463 e. The van der Waals surface area contributed by atoms with E-state index in [1.807, 2.05) is 25.1 Å². The van der Waals surface area contributed by atoms with E-state index in [0.29, 0.717) is 11.5 Å². The first-order valence-electron chi connectivity index (χ1n) is 9.37. The molecular weight excluding hydrogens is 354 g/mol. The van der Waals surface area contributed by atoms with Gasteiger partial charge < -0.3 is 9.73 Å². The minimum Gasteiger partial charge on any atom is -0.463 e. The van der Waals surface area contributed by atoms with Gasteiger partial charge in [-0.25, -0.2) is 4.68 Å². The third kappa shape index (κ3) is 4.39. The number of rotatable bonds is 7. The number of hydrogen-bond donors (Lipinski definition) is 1. The summed E-state index contributed by atoms with van der Waals surface area (Å²) < 4.78 is 6.56. The number of carbonyl (C=O) groups excluding carboxylic acids is 1. The third-order valence-corrected chi connectivity index (χ3v) is 4.75. The predicted octanol–water partition coefficient (Wildman–Crippen LogP) is 3.38. The van der Waals surface area contributed by atoms with Crippen LogP contribution in [0.5, 0.6) is 0 Å². The van der Waals surface area contributed by atoms with Crippen LogP contribution in [0.4, 0.5) is 0 Å². The lowest BCUT2D eigenvalue weighted by molar-refractivity contribution is -0.129. The molecule has 28 heavy (non-hydrogen) atoms. The number of nitrogens with zero attached hydrogens (tertiary/aromatic N) is 2. The highest BCUT2D eigenvalue weighted by Crippen LogP contribution is 2.18. The van der Waals surface area contributed by atoms with E-state index in [-0.39, 0.29) is 17.5 Å². The van der Waals surface area contributed by atoms with Crippen LogP contribution >= 0.6 is 0 Å². The Balaban J connectivity index is 1.72. The number of amides is 1. The summed E-state index contributed by atoms with van der Waals surface area (Å²) in [6, 6.07) is 16.6. The molecule has 3 rings (SSSR count). The van der Waals surface area contributed by atoms with Crippen molar-refractivity contribution in [1.82, 2.24) is 15.1 Å². The van der Waals surface area contributed by atoms with Gasteiger partial charge in [0.2, 0.25) is 5.91 Å². The van der Waals surface area contributed by atoms with Crippen LogP contribution in [0.2, 0.25) is 0 Å². The fourth-order valence-electron chi connectivity index (χ4n) is 2.96. The molecule has 1 unspecified atom stereocenters. The molecular formula is C22H25N3O3. The molecule has 6 heteroatoms. The Bertz CT molecular complexity index is 976. The molecule has 0 saturated carbocycles. The van der Waals surface area contributed by atoms with Gasteiger partial charge in [-0.15, -0.1) is 0 Å². The summed E-state index contributed by atoms with van der Waals surface area (Å²) in [6.07, 6.45) is 3.22. The van der Waals surface area contributed by atoms with Crippen LogP contribution in [-0.2, 0) is 16.8 Å². The maximum atomic E-state index is 12.9. The number of nitrogens with one attached hydrogen (secondary N) is 1. The van der Waals surface area contributed by atoms with Gasteiger partial charge in [0.25, 0.3) is 5.56 Å². The molecule has 0 fully saturated rings. The van der Waals surface area contributed by atoms with Crippen molar-refractivity contribution in [1.29, 1.82) is 0 Å². The fourth-order valence-corrected chi connectivity index (χ4v) is 2.96. The zero-order valence-electron chi connectivity index (χ0n) is 16.4. The number of aromatic nitrogens is 2. The second kappa shape index (κ2) is 8.25. The molecule has 0 saturated heterocycles. The van der Waals surface area contributed by atoms with Crippen LogP contribution in [0.1, 0.15) is 32.8 Å². The smallest absolute Gasteiger partial charge is 0.267 e. The van der Waals surface area contributed by atoms with E-state index in [1.165, 1.54) is 16.3 Å². The Morgan fingerprint density at radius 2 is 1.89 bits per heavy atom. The van der Waals surface area contributed by atoms with E-state index in [4.69, 9.17) is 4.42 Å². The van der Waals surface area contributed by atoms with Gasteiger partial charge in [0.1, 0.15) is 11.2 Å². The number of benzene rings is 1. The quantitative estimate of drug-likeness (QED) is 0.683. The molecule has 0 radical (unpaired) electrons. The number of carbonyl (C=O) groups is 1. The summed E-state index contributed by atoms with van der Waals surface area (Å²) in [6.45, 7) is 5.34. The minimum absolute atomic E-state index is 0.0315. The molecule has 0 bridgehead atoms. The van der Waals surface area contributed by atoms with Gasteiger partial charge in [-0.05, 0) is 57.4 Å². The zero-order valence-corrected chi connectivity index (χ0v) is 16.4. The minimum atomic E-state index is -1.14. The molecule has 0 aliphatic carbocycles. The van der Waals surface area contributed by atoms with Gasteiger partial charge >= 0.3 is 0 Å². The molecule has 1 N–H and O–H groups in total. The molecule has 1 atom stereocenters. The predicted molar refractivity (Wildman–Crippen MR) is 108 cm³/mol. The van der Waals surface area contributed by atoms with E-state index < -0.39 is 5.54 Å². The highest BCUT2D eigenvalue weighted by molar-refractivity contribution is 5.83. The summed E-state index contributed by atoms with van der Waals surface area (Å²) in [5.74, 6) is 0.292. The molecule has 146 valence electrons. The number of hydrogen-bond acceptors (Lipinski definition) is 4. The molecule has 6 nitrogen and oxygen atoms in total. The maximum absolute atomic E-state index is 12.9. The second-order valence-corrected chi connectivity index (χ2v) is 7.40. The fraction of sp³-hybridized carbons (Fsp3) is 0.318. The molecule has 2 aromatic heterocycles. The molecule has 3 aromatic rings. The zero-order chi connectivity index (χ0) is 20.1. The average Bonchev–Trinajstić information content (AvgIpc) is 3.22. The lowest BCUT2D eigenvalue weighted by Crippen LogP contribution is -2.51. The van der Waals surface area contributed by atoms with E-state index in [2.05, 4.69) is 22.5 Å². The van der Waals surface area contributed by atoms with E-state index in [9.17, 15) is 9.59 Å². The van der Waals surface area contributed by atoms with Gasteiger partial charge in [0.15, 0.2) is 5.76 Å².